The average Bonchev–Trinajstić information content (AvgIpc) is 3.87. The monoisotopic (exact) mass is 1020 g/mol. The highest BCUT2D eigenvalue weighted by molar-refractivity contribution is 5.98. The number of rotatable bonds is 31. The highest BCUT2D eigenvalue weighted by Gasteiger charge is 2.35. The Morgan fingerprint density at radius 1 is 0.575 bits per heavy atom. The molecule has 1 heterocycles. The number of hydrogen-bond acceptors (Lipinski definition) is 15. The number of carboxylic acid groups (broad SMARTS) is 2. The summed E-state index contributed by atoms with van der Waals surface area (Å²) in [6.07, 6.45) is -0.320. The number of hydrogen-bond donors (Lipinski definition) is 15. The molecule has 0 spiro atoms. The van der Waals surface area contributed by atoms with Crippen LogP contribution in [0.1, 0.15) is 56.9 Å². The molecule has 9 atom stereocenters. The number of nitrogens with one attached hydrogen (secondary N) is 9. The first-order valence-corrected chi connectivity index (χ1v) is 23.2. The molecular formula is C47H65N11O15. The molecule has 3 rings (SSSR count). The SMILES string of the molecule is CC(C)C[C@H](NC(=O)[C@H](CO)NC(=O)CNC(=O)[C@H](CO)NC(=O)[C@H](CCC(=O)O)NC(=O)[C@H](Cc1ccccc1)NC(=O)[C@H](Cc1cnc[nH]1)NC(=O)[C@H](Cc1ccccc1)NC(=O)[C@@H](N)[C@@H](C)O)C(=O)O. The first-order valence-electron chi connectivity index (χ1n) is 23.2. The van der Waals surface area contributed by atoms with E-state index >= 15 is 0 Å². The second-order valence-corrected chi connectivity index (χ2v) is 17.4. The number of carbonyl (C=O) groups is 10. The molecule has 0 aliphatic carbocycles. The normalized spacial score (nSPS) is 14.7. The van der Waals surface area contributed by atoms with E-state index in [1.807, 2.05) is 0 Å². The standard InChI is InChI=1S/C47H65N11O15/c1-25(2)16-34(47(72)73)57-45(70)36(23-60)52-37(62)21-50-40(65)35(22-59)58-41(66)30(14-15-38(63)64)53-42(67)31(17-27-10-6-4-7-11-27)54-44(69)33(19-29-20-49-24-51-29)55-43(68)32(18-28-12-8-5-9-13-28)56-46(71)39(48)26(3)61/h4-13,20,24-26,30-36,39,59-61H,14-19,21-23,48H2,1-3H3,(H,49,51)(H,50,65)(H,52,62)(H,53,67)(H,54,69)(H,55,68)(H,56,71)(H,57,70)(H,58,66)(H,63,64)(H,72,73)/t26-,30+,31+,32+,33+,34+,35+,36+,39+/m1/s1. The van der Waals surface area contributed by atoms with E-state index < -0.39 is 146 Å². The molecule has 0 aliphatic heterocycles. The summed E-state index contributed by atoms with van der Waals surface area (Å²) in [6.45, 7) is 1.84. The highest BCUT2D eigenvalue weighted by atomic mass is 16.4. The van der Waals surface area contributed by atoms with Gasteiger partial charge in [0.15, 0.2) is 0 Å². The fourth-order valence-electron chi connectivity index (χ4n) is 6.95. The van der Waals surface area contributed by atoms with Crippen molar-refractivity contribution in [2.24, 2.45) is 11.7 Å². The number of benzene rings is 2. The maximum atomic E-state index is 14.3. The van der Waals surface area contributed by atoms with Crippen molar-refractivity contribution < 1.29 is 73.5 Å². The Bertz CT molecular complexity index is 2320. The quantitative estimate of drug-likeness (QED) is 0.0290. The predicted molar refractivity (Wildman–Crippen MR) is 257 cm³/mol. The number of aromatic amines is 1. The topological polar surface area (TPSA) is 423 Å². The summed E-state index contributed by atoms with van der Waals surface area (Å²) in [6, 6.07) is 4.57. The van der Waals surface area contributed by atoms with Gasteiger partial charge in [0.1, 0.15) is 48.3 Å². The van der Waals surface area contributed by atoms with Crippen molar-refractivity contribution in [2.45, 2.75) is 114 Å². The smallest absolute Gasteiger partial charge is 0.326 e. The van der Waals surface area contributed by atoms with Crippen LogP contribution in [0.5, 0.6) is 0 Å². The summed E-state index contributed by atoms with van der Waals surface area (Å²) in [5.41, 5.74) is 7.34. The molecule has 398 valence electrons. The van der Waals surface area contributed by atoms with Crippen molar-refractivity contribution in [3.63, 3.8) is 0 Å². The number of amides is 8. The van der Waals surface area contributed by atoms with Crippen LogP contribution < -0.4 is 48.3 Å². The van der Waals surface area contributed by atoms with Gasteiger partial charge in [-0.3, -0.25) is 43.2 Å². The third-order valence-electron chi connectivity index (χ3n) is 10.9. The summed E-state index contributed by atoms with van der Waals surface area (Å²) in [5.74, 6) is -10.9. The van der Waals surface area contributed by atoms with E-state index in [-0.39, 0.29) is 31.6 Å². The minimum Gasteiger partial charge on any atom is -0.481 e. The number of aromatic nitrogens is 2. The fourth-order valence-corrected chi connectivity index (χ4v) is 6.95. The van der Waals surface area contributed by atoms with E-state index in [0.717, 1.165) is 0 Å². The summed E-state index contributed by atoms with van der Waals surface area (Å²) >= 11 is 0. The van der Waals surface area contributed by atoms with Crippen LogP contribution >= 0.6 is 0 Å². The molecular weight excluding hydrogens is 959 g/mol. The predicted octanol–water partition coefficient (Wildman–Crippen LogP) is -4.36. The number of nitrogens with zero attached hydrogens (tertiary/aromatic N) is 1. The molecule has 0 radical (unpaired) electrons. The average molecular weight is 1020 g/mol. The van der Waals surface area contributed by atoms with Crippen molar-refractivity contribution in [1.82, 2.24) is 52.5 Å². The summed E-state index contributed by atoms with van der Waals surface area (Å²) < 4.78 is 0. The Labute approximate surface area is 419 Å². The summed E-state index contributed by atoms with van der Waals surface area (Å²) in [4.78, 5) is 138. The Kier molecular flexibility index (Phi) is 24.6. The lowest BCUT2D eigenvalue weighted by Crippen LogP contribution is -2.61. The zero-order valence-electron chi connectivity index (χ0n) is 40.4. The number of aliphatic hydroxyl groups excluding tert-OH is 3. The second-order valence-electron chi connectivity index (χ2n) is 17.4. The van der Waals surface area contributed by atoms with Gasteiger partial charge in [0.2, 0.25) is 47.3 Å². The Hall–Kier alpha value is -7.81. The summed E-state index contributed by atoms with van der Waals surface area (Å²) in [7, 11) is 0. The van der Waals surface area contributed by atoms with Gasteiger partial charge in [-0.05, 0) is 36.8 Å². The van der Waals surface area contributed by atoms with E-state index in [4.69, 9.17) is 5.73 Å². The van der Waals surface area contributed by atoms with E-state index in [2.05, 4.69) is 52.5 Å². The van der Waals surface area contributed by atoms with Gasteiger partial charge in [0, 0.05) is 37.6 Å². The van der Waals surface area contributed by atoms with Gasteiger partial charge < -0.3 is 78.8 Å². The van der Waals surface area contributed by atoms with Gasteiger partial charge in [0.25, 0.3) is 0 Å². The lowest BCUT2D eigenvalue weighted by Gasteiger charge is -2.27. The molecule has 0 saturated heterocycles. The molecule has 26 nitrogen and oxygen atoms in total. The number of H-pyrrole nitrogens is 1. The van der Waals surface area contributed by atoms with Gasteiger partial charge in [-0.2, -0.15) is 0 Å². The first-order chi connectivity index (χ1) is 34.6. The molecule has 3 aromatic rings. The molecule has 0 unspecified atom stereocenters. The number of imidazole rings is 1. The second kappa shape index (κ2) is 30.2. The molecule has 1 aromatic heterocycles. The van der Waals surface area contributed by atoms with Crippen LogP contribution in [0.4, 0.5) is 0 Å². The van der Waals surface area contributed by atoms with Crippen LogP contribution in [0.3, 0.4) is 0 Å². The minimum absolute atomic E-state index is 0.0443. The Morgan fingerprint density at radius 2 is 1.01 bits per heavy atom. The van der Waals surface area contributed by atoms with Crippen LogP contribution in [-0.4, -0.2) is 169 Å². The number of aliphatic carboxylic acids is 2. The van der Waals surface area contributed by atoms with E-state index in [1.54, 1.807) is 74.5 Å². The molecule has 2 aromatic carbocycles. The molecule has 8 amide bonds. The Morgan fingerprint density at radius 3 is 1.47 bits per heavy atom. The summed E-state index contributed by atoms with van der Waals surface area (Å²) in [5, 5.41) is 67.6. The van der Waals surface area contributed by atoms with Gasteiger partial charge in [-0.25, -0.2) is 9.78 Å². The van der Waals surface area contributed by atoms with Gasteiger partial charge in [-0.1, -0.05) is 74.5 Å². The molecule has 26 heteroatoms. The number of aliphatic hydroxyl groups is 3. The molecule has 0 aliphatic rings. The van der Waals surface area contributed by atoms with Crippen molar-refractivity contribution in [2.75, 3.05) is 19.8 Å². The number of nitrogens with two attached hydrogens (primary N) is 1. The Balaban J connectivity index is 1.84. The van der Waals surface area contributed by atoms with Crippen molar-refractivity contribution in [3.05, 3.63) is 90.0 Å². The lowest BCUT2D eigenvalue weighted by molar-refractivity contribution is -0.143. The van der Waals surface area contributed by atoms with Gasteiger partial charge in [0.05, 0.1) is 32.2 Å². The van der Waals surface area contributed by atoms with Crippen molar-refractivity contribution in [3.8, 4) is 0 Å². The van der Waals surface area contributed by atoms with Crippen molar-refractivity contribution >= 4 is 59.2 Å². The van der Waals surface area contributed by atoms with E-state index in [0.29, 0.717) is 16.8 Å². The van der Waals surface area contributed by atoms with Crippen LogP contribution in [0.25, 0.3) is 0 Å². The first kappa shape index (κ1) is 59.5. The minimum atomic E-state index is -1.81. The van der Waals surface area contributed by atoms with Crippen LogP contribution in [0, 0.1) is 5.92 Å². The van der Waals surface area contributed by atoms with E-state index in [1.165, 1.54) is 19.4 Å². The maximum Gasteiger partial charge on any atom is 0.326 e. The third kappa shape index (κ3) is 20.8. The largest absolute Gasteiger partial charge is 0.481 e. The van der Waals surface area contributed by atoms with Crippen LogP contribution in [0.2, 0.25) is 0 Å². The molecule has 0 bridgehead atoms. The molecule has 0 fully saturated rings. The number of carboxylic acids is 2. The fraction of sp³-hybridized carbons (Fsp3) is 0.468. The van der Waals surface area contributed by atoms with Crippen LogP contribution in [-0.2, 0) is 67.2 Å². The van der Waals surface area contributed by atoms with Gasteiger partial charge >= 0.3 is 11.9 Å². The van der Waals surface area contributed by atoms with E-state index in [9.17, 15) is 73.5 Å². The molecule has 73 heavy (non-hydrogen) atoms. The maximum absolute atomic E-state index is 14.3. The molecule has 0 saturated carbocycles. The van der Waals surface area contributed by atoms with Crippen molar-refractivity contribution in [1.29, 1.82) is 0 Å². The zero-order valence-corrected chi connectivity index (χ0v) is 40.4. The molecule has 16 N–H and O–H groups in total. The van der Waals surface area contributed by atoms with Gasteiger partial charge in [-0.15, -0.1) is 0 Å². The highest BCUT2D eigenvalue weighted by Crippen LogP contribution is 2.11. The zero-order chi connectivity index (χ0) is 54.2. The number of carbonyl (C=O) groups excluding carboxylic acids is 8. The lowest BCUT2D eigenvalue weighted by atomic mass is 10.0. The third-order valence-corrected chi connectivity index (χ3v) is 10.9. The van der Waals surface area contributed by atoms with Crippen LogP contribution in [0.15, 0.2) is 73.2 Å².